The van der Waals surface area contributed by atoms with Crippen LogP contribution in [0.15, 0.2) is 18.2 Å². The first-order valence-corrected chi connectivity index (χ1v) is 6.48. The fourth-order valence-electron chi connectivity index (χ4n) is 2.48. The van der Waals surface area contributed by atoms with Crippen LogP contribution in [-0.4, -0.2) is 54.4 Å². The number of pyridine rings is 1. The van der Waals surface area contributed by atoms with Crippen LogP contribution in [0.1, 0.15) is 16.9 Å². The molecule has 6 nitrogen and oxygen atoms in total. The molecule has 1 amide bonds. The summed E-state index contributed by atoms with van der Waals surface area (Å²) >= 11 is 0. The number of carbonyl (C=O) groups excluding carboxylic acids is 1. The number of carbonyl (C=O) groups is 1. The van der Waals surface area contributed by atoms with E-state index in [2.05, 4.69) is 22.4 Å². The van der Waals surface area contributed by atoms with Gasteiger partial charge in [0.15, 0.2) is 0 Å². The third-order valence-corrected chi connectivity index (χ3v) is 3.48. The van der Waals surface area contributed by atoms with Crippen LogP contribution in [0.2, 0.25) is 0 Å². The SMILES string of the molecule is CN1CCC(CN(C)C(=O)c2cccc(NN)n2)C1. The number of amides is 1. The van der Waals surface area contributed by atoms with Gasteiger partial charge in [-0.2, -0.15) is 0 Å². The second-order valence-corrected chi connectivity index (χ2v) is 5.16. The number of nitrogens with zero attached hydrogens (tertiary/aromatic N) is 3. The van der Waals surface area contributed by atoms with Gasteiger partial charge in [0, 0.05) is 20.1 Å². The average molecular weight is 263 g/mol. The smallest absolute Gasteiger partial charge is 0.272 e. The van der Waals surface area contributed by atoms with Crippen LogP contribution in [0.4, 0.5) is 5.82 Å². The maximum atomic E-state index is 12.3. The van der Waals surface area contributed by atoms with E-state index in [9.17, 15) is 4.79 Å². The number of hydrazine groups is 1. The van der Waals surface area contributed by atoms with E-state index in [1.54, 1.807) is 23.1 Å². The van der Waals surface area contributed by atoms with Gasteiger partial charge in [-0.05, 0) is 38.1 Å². The summed E-state index contributed by atoms with van der Waals surface area (Å²) in [6.07, 6.45) is 1.14. The highest BCUT2D eigenvalue weighted by Gasteiger charge is 2.23. The Bertz CT molecular complexity index is 450. The molecule has 19 heavy (non-hydrogen) atoms. The van der Waals surface area contributed by atoms with Crippen molar-refractivity contribution in [3.8, 4) is 0 Å². The molecular formula is C13H21N5O. The summed E-state index contributed by atoms with van der Waals surface area (Å²) in [5.74, 6) is 6.29. The maximum Gasteiger partial charge on any atom is 0.272 e. The summed E-state index contributed by atoms with van der Waals surface area (Å²) < 4.78 is 0. The Morgan fingerprint density at radius 3 is 3.05 bits per heavy atom. The Hall–Kier alpha value is -1.66. The van der Waals surface area contributed by atoms with Gasteiger partial charge in [0.25, 0.3) is 5.91 Å². The quantitative estimate of drug-likeness (QED) is 0.607. The predicted octanol–water partition coefficient (Wildman–Crippen LogP) is 0.391. The second kappa shape index (κ2) is 5.99. The highest BCUT2D eigenvalue weighted by Crippen LogP contribution is 2.16. The number of anilines is 1. The van der Waals surface area contributed by atoms with Crippen molar-refractivity contribution in [2.24, 2.45) is 11.8 Å². The van der Waals surface area contributed by atoms with Crippen molar-refractivity contribution in [1.82, 2.24) is 14.8 Å². The van der Waals surface area contributed by atoms with Crippen molar-refractivity contribution in [3.63, 3.8) is 0 Å². The standard InChI is InChI=1S/C13H21N5O/c1-17-7-6-10(8-17)9-18(2)13(19)11-4-3-5-12(15-11)16-14/h3-5,10H,6-9,14H2,1-2H3,(H,15,16). The van der Waals surface area contributed by atoms with Gasteiger partial charge in [0.2, 0.25) is 0 Å². The van der Waals surface area contributed by atoms with E-state index in [0.717, 1.165) is 26.1 Å². The molecule has 0 bridgehead atoms. The van der Waals surface area contributed by atoms with Gasteiger partial charge in [-0.15, -0.1) is 0 Å². The molecule has 1 aliphatic heterocycles. The van der Waals surface area contributed by atoms with Crippen molar-refractivity contribution in [1.29, 1.82) is 0 Å². The molecule has 0 radical (unpaired) electrons. The van der Waals surface area contributed by atoms with Crippen LogP contribution < -0.4 is 11.3 Å². The number of likely N-dealkylation sites (tertiary alicyclic amines) is 1. The van der Waals surface area contributed by atoms with Gasteiger partial charge in [0.1, 0.15) is 11.5 Å². The van der Waals surface area contributed by atoms with Crippen LogP contribution in [0.5, 0.6) is 0 Å². The molecule has 2 rings (SSSR count). The van der Waals surface area contributed by atoms with Crippen LogP contribution in [-0.2, 0) is 0 Å². The Labute approximate surface area is 113 Å². The zero-order valence-corrected chi connectivity index (χ0v) is 11.5. The molecule has 1 aliphatic rings. The zero-order valence-electron chi connectivity index (χ0n) is 11.5. The molecule has 1 aromatic heterocycles. The number of nitrogen functional groups attached to an aromatic ring is 1. The lowest BCUT2D eigenvalue weighted by atomic mass is 10.1. The minimum Gasteiger partial charge on any atom is -0.340 e. The predicted molar refractivity (Wildman–Crippen MR) is 74.6 cm³/mol. The number of hydrogen-bond acceptors (Lipinski definition) is 5. The fraction of sp³-hybridized carbons (Fsp3) is 0.538. The topological polar surface area (TPSA) is 74.5 Å². The summed E-state index contributed by atoms with van der Waals surface area (Å²) in [6.45, 7) is 2.93. The van der Waals surface area contributed by atoms with E-state index in [1.165, 1.54) is 0 Å². The van der Waals surface area contributed by atoms with E-state index < -0.39 is 0 Å². The average Bonchev–Trinajstić information content (AvgIpc) is 2.83. The number of hydrogen-bond donors (Lipinski definition) is 2. The molecule has 1 atom stereocenters. The molecule has 3 N–H and O–H groups in total. The first-order chi connectivity index (χ1) is 9.10. The van der Waals surface area contributed by atoms with E-state index in [1.807, 2.05) is 7.05 Å². The Balaban J connectivity index is 1.98. The molecule has 2 heterocycles. The number of nitrogens with one attached hydrogen (secondary N) is 1. The monoisotopic (exact) mass is 263 g/mol. The van der Waals surface area contributed by atoms with E-state index in [4.69, 9.17) is 5.84 Å². The van der Waals surface area contributed by atoms with Gasteiger partial charge in [-0.25, -0.2) is 10.8 Å². The summed E-state index contributed by atoms with van der Waals surface area (Å²) in [6, 6.07) is 5.20. The maximum absolute atomic E-state index is 12.3. The Morgan fingerprint density at radius 1 is 1.63 bits per heavy atom. The first kappa shape index (κ1) is 13.8. The van der Waals surface area contributed by atoms with Gasteiger partial charge in [-0.3, -0.25) is 4.79 Å². The van der Waals surface area contributed by atoms with Gasteiger partial charge < -0.3 is 15.2 Å². The van der Waals surface area contributed by atoms with Crippen LogP contribution in [0, 0.1) is 5.92 Å². The van der Waals surface area contributed by atoms with Gasteiger partial charge >= 0.3 is 0 Å². The summed E-state index contributed by atoms with van der Waals surface area (Å²) in [5, 5.41) is 0. The third kappa shape index (κ3) is 3.42. The normalized spacial score (nSPS) is 19.4. The minimum atomic E-state index is -0.0633. The molecule has 1 unspecified atom stereocenters. The minimum absolute atomic E-state index is 0.0633. The van der Waals surface area contributed by atoms with Crippen molar-refractivity contribution in [3.05, 3.63) is 23.9 Å². The fourth-order valence-corrected chi connectivity index (χ4v) is 2.48. The molecule has 0 aliphatic carbocycles. The number of aromatic nitrogens is 1. The summed E-state index contributed by atoms with van der Waals surface area (Å²) in [4.78, 5) is 20.5. The molecule has 104 valence electrons. The van der Waals surface area contributed by atoms with Crippen LogP contribution in [0.25, 0.3) is 0 Å². The molecule has 0 aromatic carbocycles. The Morgan fingerprint density at radius 2 is 2.42 bits per heavy atom. The van der Waals surface area contributed by atoms with E-state index in [-0.39, 0.29) is 5.91 Å². The van der Waals surface area contributed by atoms with Crippen molar-refractivity contribution in [2.75, 3.05) is 39.2 Å². The zero-order chi connectivity index (χ0) is 13.8. The molecule has 1 aromatic rings. The van der Waals surface area contributed by atoms with Gasteiger partial charge in [-0.1, -0.05) is 6.07 Å². The highest BCUT2D eigenvalue weighted by molar-refractivity contribution is 5.92. The summed E-state index contributed by atoms with van der Waals surface area (Å²) in [5.41, 5.74) is 2.87. The van der Waals surface area contributed by atoms with Crippen LogP contribution >= 0.6 is 0 Å². The molecule has 1 saturated heterocycles. The first-order valence-electron chi connectivity index (χ1n) is 6.48. The molecule has 1 fully saturated rings. The van der Waals surface area contributed by atoms with Crippen molar-refractivity contribution >= 4 is 11.7 Å². The lowest BCUT2D eigenvalue weighted by molar-refractivity contribution is 0.0768. The highest BCUT2D eigenvalue weighted by atomic mass is 16.2. The Kier molecular flexibility index (Phi) is 4.34. The van der Waals surface area contributed by atoms with E-state index >= 15 is 0 Å². The number of nitrogens with two attached hydrogens (primary N) is 1. The molecular weight excluding hydrogens is 242 g/mol. The third-order valence-electron chi connectivity index (χ3n) is 3.48. The molecule has 0 saturated carbocycles. The lowest BCUT2D eigenvalue weighted by Gasteiger charge is -2.21. The van der Waals surface area contributed by atoms with Crippen molar-refractivity contribution < 1.29 is 4.79 Å². The van der Waals surface area contributed by atoms with Crippen molar-refractivity contribution in [2.45, 2.75) is 6.42 Å². The molecule has 0 spiro atoms. The summed E-state index contributed by atoms with van der Waals surface area (Å²) in [7, 11) is 3.94. The largest absolute Gasteiger partial charge is 0.340 e. The second-order valence-electron chi connectivity index (χ2n) is 5.16. The van der Waals surface area contributed by atoms with E-state index in [0.29, 0.717) is 17.4 Å². The van der Waals surface area contributed by atoms with Gasteiger partial charge in [0.05, 0.1) is 0 Å². The van der Waals surface area contributed by atoms with Crippen LogP contribution in [0.3, 0.4) is 0 Å². The lowest BCUT2D eigenvalue weighted by Crippen LogP contribution is -2.33. The number of rotatable bonds is 4. The molecule has 6 heteroatoms.